The van der Waals surface area contributed by atoms with Crippen molar-refractivity contribution in [3.63, 3.8) is 0 Å². The van der Waals surface area contributed by atoms with Crippen LogP contribution < -0.4 is 0 Å². The predicted molar refractivity (Wildman–Crippen MR) is 202 cm³/mol. The summed E-state index contributed by atoms with van der Waals surface area (Å²) < 4.78 is 2.43. The molecule has 0 N–H and O–H groups in total. The number of hydrogen-bond donors (Lipinski definition) is 0. The maximum absolute atomic E-state index is 5.44. The van der Waals surface area contributed by atoms with Gasteiger partial charge in [0.25, 0.3) is 0 Å². The highest BCUT2D eigenvalue weighted by Gasteiger charge is 2.36. The van der Waals surface area contributed by atoms with Gasteiger partial charge in [-0.25, -0.2) is 4.98 Å². The van der Waals surface area contributed by atoms with Gasteiger partial charge in [-0.1, -0.05) is 134 Å². The first-order chi connectivity index (χ1) is 23.5. The van der Waals surface area contributed by atoms with E-state index >= 15 is 0 Å². The Morgan fingerprint density at radius 3 is 1.83 bits per heavy atom. The van der Waals surface area contributed by atoms with Crippen LogP contribution in [0.5, 0.6) is 0 Å². The van der Waals surface area contributed by atoms with Gasteiger partial charge in [0.05, 0.1) is 16.7 Å². The van der Waals surface area contributed by atoms with E-state index in [1.54, 1.807) is 0 Å². The van der Waals surface area contributed by atoms with Crippen LogP contribution >= 0.6 is 23.5 Å². The molecule has 10 rings (SSSR count). The minimum Gasteiger partial charge on any atom is -0.294 e. The molecule has 0 bridgehead atoms. The van der Waals surface area contributed by atoms with E-state index in [0.29, 0.717) is 0 Å². The Labute approximate surface area is 288 Å². The fraction of sp³-hybridized carbons (Fsp3) is 0.0682. The highest BCUT2D eigenvalue weighted by atomic mass is 32.2. The summed E-state index contributed by atoms with van der Waals surface area (Å²) in [5, 5.41) is 2.52. The number of nitrogens with zero attached hydrogens (tertiary/aromatic N) is 2. The molecule has 0 atom stereocenters. The fourth-order valence-electron chi connectivity index (χ4n) is 7.66. The van der Waals surface area contributed by atoms with Gasteiger partial charge in [-0.2, -0.15) is 0 Å². The molecule has 0 unspecified atom stereocenters. The lowest BCUT2D eigenvalue weighted by atomic mass is 9.82. The third-order valence-electron chi connectivity index (χ3n) is 10.0. The second kappa shape index (κ2) is 10.5. The van der Waals surface area contributed by atoms with Crippen molar-refractivity contribution in [1.29, 1.82) is 0 Å². The van der Waals surface area contributed by atoms with Gasteiger partial charge in [0, 0.05) is 41.3 Å². The summed E-state index contributed by atoms with van der Waals surface area (Å²) in [6, 6.07) is 53.1. The molecule has 2 nitrogen and oxygen atoms in total. The molecule has 0 saturated heterocycles. The number of benzene rings is 6. The molecule has 2 aromatic heterocycles. The molecule has 3 heterocycles. The summed E-state index contributed by atoms with van der Waals surface area (Å²) in [4.78, 5) is 10.7. The Kier molecular flexibility index (Phi) is 6.12. The van der Waals surface area contributed by atoms with Crippen LogP contribution in [0.25, 0.3) is 61.1 Å². The van der Waals surface area contributed by atoms with E-state index in [0.717, 1.165) is 22.6 Å². The van der Waals surface area contributed by atoms with Gasteiger partial charge in [0.15, 0.2) is 0 Å². The Hall–Kier alpha value is -5.03. The van der Waals surface area contributed by atoms with Crippen molar-refractivity contribution >= 4 is 45.3 Å². The van der Waals surface area contributed by atoms with Crippen LogP contribution in [0.3, 0.4) is 0 Å². The van der Waals surface area contributed by atoms with Gasteiger partial charge in [-0.05, 0) is 81.9 Å². The summed E-state index contributed by atoms with van der Waals surface area (Å²) in [6.45, 7) is 4.73. The van der Waals surface area contributed by atoms with Crippen molar-refractivity contribution in [3.05, 3.63) is 157 Å². The van der Waals surface area contributed by atoms with E-state index in [9.17, 15) is 0 Å². The molecule has 1 aliphatic heterocycles. The van der Waals surface area contributed by atoms with Crippen LogP contribution in [0.1, 0.15) is 25.0 Å². The van der Waals surface area contributed by atoms with Gasteiger partial charge in [-0.15, -0.1) is 0 Å². The molecule has 0 fully saturated rings. The summed E-state index contributed by atoms with van der Waals surface area (Å²) in [7, 11) is 0. The highest BCUT2D eigenvalue weighted by molar-refractivity contribution is 8.05. The van der Waals surface area contributed by atoms with E-state index in [1.165, 1.54) is 69.2 Å². The Morgan fingerprint density at radius 2 is 1.08 bits per heavy atom. The molecule has 1 aliphatic carbocycles. The van der Waals surface area contributed by atoms with Crippen LogP contribution in [0, 0.1) is 0 Å². The SMILES string of the molecule is CC1(C)c2ccccc2-c2cc3c4cc5c(cc4n(-c4cc(-c6ccccc6)cc(-c6ccccc6)n4)c3cc21)Sc1ccccc1S5. The van der Waals surface area contributed by atoms with Crippen molar-refractivity contribution in [3.8, 4) is 39.3 Å². The number of rotatable bonds is 3. The first-order valence-electron chi connectivity index (χ1n) is 16.4. The molecular weight excluding hydrogens is 621 g/mol. The van der Waals surface area contributed by atoms with E-state index in [2.05, 4.69) is 164 Å². The van der Waals surface area contributed by atoms with Gasteiger partial charge in [-0.3, -0.25) is 4.57 Å². The van der Waals surface area contributed by atoms with Crippen LogP contribution in [-0.4, -0.2) is 9.55 Å². The molecule has 4 heteroatoms. The van der Waals surface area contributed by atoms with Crippen LogP contribution in [-0.2, 0) is 5.41 Å². The largest absolute Gasteiger partial charge is 0.294 e. The lowest BCUT2D eigenvalue weighted by molar-refractivity contribution is 0.661. The summed E-state index contributed by atoms with van der Waals surface area (Å²) in [6.07, 6.45) is 0. The summed E-state index contributed by atoms with van der Waals surface area (Å²) in [5.74, 6) is 0.928. The highest BCUT2D eigenvalue weighted by Crippen LogP contribution is 2.53. The maximum atomic E-state index is 5.44. The van der Waals surface area contributed by atoms with Crippen molar-refractivity contribution in [2.45, 2.75) is 38.8 Å². The van der Waals surface area contributed by atoms with Crippen molar-refractivity contribution in [2.75, 3.05) is 0 Å². The van der Waals surface area contributed by atoms with E-state index in [1.807, 2.05) is 23.5 Å². The Balaban J connectivity index is 1.30. The molecular formula is C44H30N2S2. The maximum Gasteiger partial charge on any atom is 0.138 e. The minimum atomic E-state index is -0.109. The topological polar surface area (TPSA) is 17.8 Å². The Bertz CT molecular complexity index is 2520. The summed E-state index contributed by atoms with van der Waals surface area (Å²) >= 11 is 3.75. The average Bonchev–Trinajstić information content (AvgIpc) is 3.56. The Morgan fingerprint density at radius 1 is 0.479 bits per heavy atom. The molecule has 0 amide bonds. The zero-order chi connectivity index (χ0) is 32.0. The summed E-state index contributed by atoms with van der Waals surface area (Å²) in [5.41, 5.74) is 12.1. The zero-order valence-electron chi connectivity index (χ0n) is 26.6. The fourth-order valence-corrected chi connectivity index (χ4v) is 9.93. The normalized spacial score (nSPS) is 14.0. The van der Waals surface area contributed by atoms with Crippen molar-refractivity contribution in [1.82, 2.24) is 9.55 Å². The lowest BCUT2D eigenvalue weighted by Gasteiger charge is -2.21. The third kappa shape index (κ3) is 4.19. The third-order valence-corrected chi connectivity index (χ3v) is 12.6. The monoisotopic (exact) mass is 650 g/mol. The van der Waals surface area contributed by atoms with Crippen molar-refractivity contribution in [2.24, 2.45) is 0 Å². The quantitative estimate of drug-likeness (QED) is 0.189. The van der Waals surface area contributed by atoms with E-state index in [-0.39, 0.29) is 5.41 Å². The molecule has 6 aromatic carbocycles. The smallest absolute Gasteiger partial charge is 0.138 e. The van der Waals surface area contributed by atoms with Gasteiger partial charge in [0.1, 0.15) is 5.82 Å². The molecule has 228 valence electrons. The lowest BCUT2D eigenvalue weighted by Crippen LogP contribution is -2.15. The van der Waals surface area contributed by atoms with Crippen molar-refractivity contribution < 1.29 is 0 Å². The first-order valence-corrected chi connectivity index (χ1v) is 18.0. The van der Waals surface area contributed by atoms with Gasteiger partial charge >= 0.3 is 0 Å². The number of aromatic nitrogens is 2. The second-order valence-corrected chi connectivity index (χ2v) is 15.4. The molecule has 2 aliphatic rings. The van der Waals surface area contributed by atoms with Gasteiger partial charge in [0.2, 0.25) is 0 Å². The minimum absolute atomic E-state index is 0.109. The molecule has 0 radical (unpaired) electrons. The standard InChI is InChI=1S/C44H30N2S2/c1-44(2)34-18-10-9-17-30(34)31-23-32-33-24-41-42(48-40-20-12-11-19-39(40)47-41)26-38(33)46(37(32)25-35(31)44)43-22-29(27-13-5-3-6-14-27)21-36(45-43)28-15-7-4-8-16-28/h3-26H,1-2H3. The average molecular weight is 651 g/mol. The molecule has 0 spiro atoms. The molecule has 0 saturated carbocycles. The number of pyridine rings is 1. The number of fused-ring (bicyclic) bond motifs is 8. The molecule has 8 aromatic rings. The van der Waals surface area contributed by atoms with E-state index < -0.39 is 0 Å². The zero-order valence-corrected chi connectivity index (χ0v) is 28.2. The first kappa shape index (κ1) is 28.0. The van der Waals surface area contributed by atoms with Crippen LogP contribution in [0.2, 0.25) is 0 Å². The predicted octanol–water partition coefficient (Wildman–Crippen LogP) is 12.4. The van der Waals surface area contributed by atoms with E-state index in [4.69, 9.17) is 4.98 Å². The second-order valence-electron chi connectivity index (χ2n) is 13.2. The van der Waals surface area contributed by atoms with Crippen LogP contribution in [0.15, 0.2) is 165 Å². The van der Waals surface area contributed by atoms with Gasteiger partial charge < -0.3 is 0 Å². The number of hydrogen-bond acceptors (Lipinski definition) is 3. The molecule has 48 heavy (non-hydrogen) atoms. The van der Waals surface area contributed by atoms with Crippen LogP contribution in [0.4, 0.5) is 0 Å².